The summed E-state index contributed by atoms with van der Waals surface area (Å²) in [7, 11) is 1.75. The summed E-state index contributed by atoms with van der Waals surface area (Å²) in [5, 5.41) is 14.1. The monoisotopic (exact) mass is 395 g/mol. The van der Waals surface area contributed by atoms with Gasteiger partial charge in [-0.1, -0.05) is 6.07 Å². The molecule has 8 heteroatoms. The summed E-state index contributed by atoms with van der Waals surface area (Å²) in [5.41, 5.74) is 10.5. The van der Waals surface area contributed by atoms with Crippen molar-refractivity contribution < 1.29 is 9.13 Å². The molecule has 6 nitrogen and oxygen atoms in total. The van der Waals surface area contributed by atoms with E-state index in [0.29, 0.717) is 22.9 Å². The van der Waals surface area contributed by atoms with Gasteiger partial charge >= 0.3 is 0 Å². The molecule has 1 aliphatic rings. The lowest BCUT2D eigenvalue weighted by Gasteiger charge is -2.20. The highest BCUT2D eigenvalue weighted by molar-refractivity contribution is 7.97. The predicted octanol–water partition coefficient (Wildman–Crippen LogP) is 3.96. The Balaban J connectivity index is 1.90. The molecule has 0 radical (unpaired) electrons. The standard InChI is InChI=1S/C20H18FN5OS/c1-11-15-6-14(21)4-3-12(15)9-28-10-16-19(17(7-22)26(2)25-16)13-5-18(27-11)20(23)24-8-13/h3-6,8,11H,9-10H2,1-2H3,(H2,23,24)/t11-/m1/s1. The van der Waals surface area contributed by atoms with E-state index >= 15 is 0 Å². The quantitative estimate of drug-likeness (QED) is 0.620. The maximum absolute atomic E-state index is 13.9. The lowest BCUT2D eigenvalue weighted by atomic mass is 10.0. The Labute approximate surface area is 166 Å². The number of benzene rings is 1. The van der Waals surface area contributed by atoms with Gasteiger partial charge < -0.3 is 10.5 Å². The number of pyridine rings is 1. The molecule has 1 aliphatic heterocycles. The molecule has 0 saturated carbocycles. The minimum Gasteiger partial charge on any atom is -0.482 e. The molecule has 0 aliphatic carbocycles. The van der Waals surface area contributed by atoms with E-state index in [2.05, 4.69) is 16.2 Å². The number of rotatable bonds is 0. The van der Waals surface area contributed by atoms with Crippen LogP contribution in [-0.4, -0.2) is 14.8 Å². The van der Waals surface area contributed by atoms with E-state index < -0.39 is 6.10 Å². The Hall–Kier alpha value is -3.05. The van der Waals surface area contributed by atoms with Gasteiger partial charge in [0.1, 0.15) is 23.7 Å². The highest BCUT2D eigenvalue weighted by atomic mass is 32.2. The van der Waals surface area contributed by atoms with E-state index in [1.807, 2.05) is 6.92 Å². The van der Waals surface area contributed by atoms with E-state index in [4.69, 9.17) is 10.5 Å². The van der Waals surface area contributed by atoms with E-state index in [-0.39, 0.29) is 11.6 Å². The molecule has 3 aromatic rings. The zero-order chi connectivity index (χ0) is 19.8. The highest BCUT2D eigenvalue weighted by Crippen LogP contribution is 2.37. The second-order valence-electron chi connectivity index (χ2n) is 6.61. The molecular weight excluding hydrogens is 377 g/mol. The first-order valence-electron chi connectivity index (χ1n) is 8.72. The van der Waals surface area contributed by atoms with Crippen molar-refractivity contribution in [1.29, 1.82) is 5.26 Å². The minimum atomic E-state index is -0.408. The van der Waals surface area contributed by atoms with Crippen molar-refractivity contribution in [3.8, 4) is 22.9 Å². The zero-order valence-electron chi connectivity index (χ0n) is 15.4. The smallest absolute Gasteiger partial charge is 0.166 e. The number of ether oxygens (including phenoxy) is 1. The fourth-order valence-electron chi connectivity index (χ4n) is 3.39. The topological polar surface area (TPSA) is 89.8 Å². The summed E-state index contributed by atoms with van der Waals surface area (Å²) in [6, 6.07) is 8.72. The number of hydrogen-bond donors (Lipinski definition) is 1. The van der Waals surface area contributed by atoms with Crippen LogP contribution in [0, 0.1) is 17.1 Å². The first-order chi connectivity index (χ1) is 13.5. The molecule has 0 unspecified atom stereocenters. The van der Waals surface area contributed by atoms with Crippen LogP contribution in [-0.2, 0) is 18.6 Å². The molecule has 2 N–H and O–H groups in total. The van der Waals surface area contributed by atoms with Crippen LogP contribution in [0.4, 0.5) is 10.2 Å². The number of thioether (sulfide) groups is 1. The molecule has 0 spiro atoms. The van der Waals surface area contributed by atoms with E-state index in [9.17, 15) is 9.65 Å². The molecular formula is C20H18FN5OS. The summed E-state index contributed by atoms with van der Waals surface area (Å²) in [5.74, 6) is 1.60. The Bertz CT molecular complexity index is 1100. The summed E-state index contributed by atoms with van der Waals surface area (Å²) >= 11 is 1.65. The number of anilines is 1. The first-order valence-corrected chi connectivity index (χ1v) is 9.88. The molecule has 3 heterocycles. The number of nitrogens with zero attached hydrogens (tertiary/aromatic N) is 4. The van der Waals surface area contributed by atoms with Crippen LogP contribution in [0.5, 0.6) is 5.75 Å². The summed E-state index contributed by atoms with van der Waals surface area (Å²) in [6.07, 6.45) is 1.21. The third kappa shape index (κ3) is 3.18. The van der Waals surface area contributed by atoms with Crippen LogP contribution in [0.1, 0.15) is 35.5 Å². The van der Waals surface area contributed by atoms with Crippen molar-refractivity contribution in [3.63, 3.8) is 0 Å². The Morgan fingerprint density at radius 2 is 2.18 bits per heavy atom. The average molecular weight is 395 g/mol. The van der Waals surface area contributed by atoms with Gasteiger partial charge in [-0.05, 0) is 36.2 Å². The first kappa shape index (κ1) is 18.3. The predicted molar refractivity (Wildman–Crippen MR) is 106 cm³/mol. The second kappa shape index (κ2) is 7.17. The molecule has 0 amide bonds. The Morgan fingerprint density at radius 1 is 1.36 bits per heavy atom. The van der Waals surface area contributed by atoms with Crippen LogP contribution in [0.2, 0.25) is 0 Å². The maximum atomic E-state index is 13.9. The molecule has 1 aromatic carbocycles. The van der Waals surface area contributed by atoms with Crippen LogP contribution in [0.3, 0.4) is 0 Å². The molecule has 28 heavy (non-hydrogen) atoms. The van der Waals surface area contributed by atoms with Gasteiger partial charge in [-0.25, -0.2) is 9.37 Å². The number of nitrogen functional groups attached to an aromatic ring is 1. The Kier molecular flexibility index (Phi) is 4.69. The molecule has 4 rings (SSSR count). The molecule has 142 valence electrons. The van der Waals surface area contributed by atoms with Crippen LogP contribution in [0.25, 0.3) is 11.1 Å². The van der Waals surface area contributed by atoms with Gasteiger partial charge in [-0.15, -0.1) is 0 Å². The minimum absolute atomic E-state index is 0.240. The van der Waals surface area contributed by atoms with Gasteiger partial charge in [0.05, 0.1) is 5.69 Å². The fourth-order valence-corrected chi connectivity index (χ4v) is 4.37. The van der Waals surface area contributed by atoms with Gasteiger partial charge in [0.15, 0.2) is 11.6 Å². The molecule has 0 saturated heterocycles. The number of aromatic nitrogens is 3. The van der Waals surface area contributed by atoms with Gasteiger partial charge in [-0.2, -0.15) is 22.1 Å². The van der Waals surface area contributed by atoms with Crippen molar-refractivity contribution >= 4 is 17.6 Å². The number of nitrogens with two attached hydrogens (primary N) is 1. The second-order valence-corrected chi connectivity index (χ2v) is 7.59. The maximum Gasteiger partial charge on any atom is 0.166 e. The van der Waals surface area contributed by atoms with Crippen molar-refractivity contribution in [2.24, 2.45) is 7.05 Å². The molecule has 2 aromatic heterocycles. The zero-order valence-corrected chi connectivity index (χ0v) is 16.3. The normalized spacial score (nSPS) is 16.0. The van der Waals surface area contributed by atoms with E-state index in [1.165, 1.54) is 12.1 Å². The molecule has 0 fully saturated rings. The van der Waals surface area contributed by atoms with Gasteiger partial charge in [0.2, 0.25) is 0 Å². The van der Waals surface area contributed by atoms with E-state index in [1.54, 1.807) is 41.8 Å². The van der Waals surface area contributed by atoms with Gasteiger partial charge in [0.25, 0.3) is 0 Å². The highest BCUT2D eigenvalue weighted by Gasteiger charge is 2.22. The van der Waals surface area contributed by atoms with Gasteiger partial charge in [-0.3, -0.25) is 4.68 Å². The number of fused-ring (bicyclic) bond motifs is 5. The average Bonchev–Trinajstić information content (AvgIpc) is 2.99. The fraction of sp³-hybridized carbons (Fsp3) is 0.250. The molecule has 2 bridgehead atoms. The third-order valence-electron chi connectivity index (χ3n) is 4.74. The third-order valence-corrected chi connectivity index (χ3v) is 5.73. The van der Waals surface area contributed by atoms with Crippen molar-refractivity contribution in [2.45, 2.75) is 24.5 Å². The lowest BCUT2D eigenvalue weighted by Crippen LogP contribution is -2.09. The van der Waals surface area contributed by atoms with Crippen molar-refractivity contribution in [2.75, 3.05) is 5.73 Å². The number of halogens is 1. The molecule has 1 atom stereocenters. The van der Waals surface area contributed by atoms with Crippen LogP contribution < -0.4 is 10.5 Å². The van der Waals surface area contributed by atoms with Crippen LogP contribution >= 0.6 is 11.8 Å². The van der Waals surface area contributed by atoms with Crippen molar-refractivity contribution in [1.82, 2.24) is 14.8 Å². The summed E-state index contributed by atoms with van der Waals surface area (Å²) in [6.45, 7) is 1.86. The van der Waals surface area contributed by atoms with E-state index in [0.717, 1.165) is 27.9 Å². The summed E-state index contributed by atoms with van der Waals surface area (Å²) < 4.78 is 21.5. The lowest BCUT2D eigenvalue weighted by molar-refractivity contribution is 0.226. The number of nitriles is 1. The number of aryl methyl sites for hydroxylation is 1. The Morgan fingerprint density at radius 3 is 2.96 bits per heavy atom. The van der Waals surface area contributed by atoms with Crippen LogP contribution in [0.15, 0.2) is 30.5 Å². The largest absolute Gasteiger partial charge is 0.482 e. The number of hydrogen-bond acceptors (Lipinski definition) is 6. The van der Waals surface area contributed by atoms with Crippen molar-refractivity contribution in [3.05, 3.63) is 58.8 Å². The summed E-state index contributed by atoms with van der Waals surface area (Å²) in [4.78, 5) is 4.25. The van der Waals surface area contributed by atoms with Gasteiger partial charge in [0, 0.05) is 35.9 Å². The SMILES string of the molecule is C[C@H]1Oc2cc(cnc2N)-c2c(nn(C)c2C#N)CSCc2ccc(F)cc21.